The lowest BCUT2D eigenvalue weighted by atomic mass is 9.72. The fourth-order valence-electron chi connectivity index (χ4n) is 4.31. The molecule has 0 fully saturated rings. The molecule has 1 aliphatic carbocycles. The van der Waals surface area contributed by atoms with Gasteiger partial charge in [0.1, 0.15) is 5.00 Å². The SMILES string of the molecule is CC(C)(C)C1CCc2c(sc(NC(=O)c3cccc4c(Cl)cccc34)c2C(N)=O)C1. The van der Waals surface area contributed by atoms with Gasteiger partial charge in [-0.3, -0.25) is 9.59 Å². The first kappa shape index (κ1) is 20.9. The van der Waals surface area contributed by atoms with E-state index in [2.05, 4.69) is 26.1 Å². The molecule has 2 aromatic carbocycles. The summed E-state index contributed by atoms with van der Waals surface area (Å²) in [6.07, 6.45) is 2.73. The quantitative estimate of drug-likeness (QED) is 0.519. The van der Waals surface area contributed by atoms with Crippen LogP contribution in [0.3, 0.4) is 0 Å². The summed E-state index contributed by atoms with van der Waals surface area (Å²) in [7, 11) is 0. The van der Waals surface area contributed by atoms with Gasteiger partial charge in [-0.1, -0.05) is 56.6 Å². The Balaban J connectivity index is 1.71. The van der Waals surface area contributed by atoms with Gasteiger partial charge in [-0.15, -0.1) is 11.3 Å². The number of nitrogens with one attached hydrogen (secondary N) is 1. The second-order valence-corrected chi connectivity index (χ2v) is 10.5. The lowest BCUT2D eigenvalue weighted by Gasteiger charge is -2.33. The largest absolute Gasteiger partial charge is 0.365 e. The van der Waals surface area contributed by atoms with Gasteiger partial charge in [0.25, 0.3) is 11.8 Å². The topological polar surface area (TPSA) is 72.2 Å². The van der Waals surface area contributed by atoms with Gasteiger partial charge in [0.15, 0.2) is 0 Å². The van der Waals surface area contributed by atoms with Crippen molar-refractivity contribution < 1.29 is 9.59 Å². The molecule has 4 nitrogen and oxygen atoms in total. The number of rotatable bonds is 3. The van der Waals surface area contributed by atoms with E-state index in [1.807, 2.05) is 24.3 Å². The number of primary amides is 1. The van der Waals surface area contributed by atoms with Crippen LogP contribution in [0.1, 0.15) is 58.3 Å². The van der Waals surface area contributed by atoms with Gasteiger partial charge in [0.2, 0.25) is 0 Å². The fraction of sp³-hybridized carbons (Fsp3) is 0.333. The number of benzene rings is 2. The molecule has 30 heavy (non-hydrogen) atoms. The maximum absolute atomic E-state index is 13.2. The summed E-state index contributed by atoms with van der Waals surface area (Å²) in [6.45, 7) is 6.75. The van der Waals surface area contributed by atoms with E-state index in [0.29, 0.717) is 27.1 Å². The molecule has 1 aliphatic rings. The van der Waals surface area contributed by atoms with Crippen LogP contribution in [-0.2, 0) is 12.8 Å². The van der Waals surface area contributed by atoms with Crippen molar-refractivity contribution in [2.24, 2.45) is 17.1 Å². The second kappa shape index (κ2) is 7.71. The summed E-state index contributed by atoms with van der Waals surface area (Å²) < 4.78 is 0. The monoisotopic (exact) mass is 440 g/mol. The number of halogens is 1. The zero-order valence-electron chi connectivity index (χ0n) is 17.3. The molecule has 0 radical (unpaired) electrons. The van der Waals surface area contributed by atoms with Gasteiger partial charge in [-0.25, -0.2) is 0 Å². The highest BCUT2D eigenvalue weighted by Gasteiger charge is 2.33. The molecule has 0 saturated carbocycles. The molecule has 1 atom stereocenters. The molecule has 1 unspecified atom stereocenters. The fourth-order valence-corrected chi connectivity index (χ4v) is 5.88. The number of fused-ring (bicyclic) bond motifs is 2. The van der Waals surface area contributed by atoms with E-state index < -0.39 is 5.91 Å². The Morgan fingerprint density at radius 1 is 1.13 bits per heavy atom. The Bertz CT molecular complexity index is 1160. The number of carbonyl (C=O) groups is 2. The van der Waals surface area contributed by atoms with Gasteiger partial charge in [-0.2, -0.15) is 0 Å². The summed E-state index contributed by atoms with van der Waals surface area (Å²) in [6, 6.07) is 11.0. The Hall–Kier alpha value is -2.37. The first-order valence-electron chi connectivity index (χ1n) is 10.1. The number of hydrogen-bond donors (Lipinski definition) is 2. The molecule has 4 rings (SSSR count). The van der Waals surface area contributed by atoms with Gasteiger partial charge in [0, 0.05) is 20.8 Å². The van der Waals surface area contributed by atoms with Crippen LogP contribution in [0.5, 0.6) is 0 Å². The molecule has 0 spiro atoms. The molecule has 2 amide bonds. The van der Waals surface area contributed by atoms with Gasteiger partial charge in [-0.05, 0) is 53.7 Å². The molecular formula is C24H25ClN2O2S. The van der Waals surface area contributed by atoms with E-state index in [9.17, 15) is 9.59 Å². The highest BCUT2D eigenvalue weighted by molar-refractivity contribution is 7.17. The summed E-state index contributed by atoms with van der Waals surface area (Å²) in [4.78, 5) is 26.6. The van der Waals surface area contributed by atoms with Crippen LogP contribution in [0.4, 0.5) is 5.00 Å². The van der Waals surface area contributed by atoms with Crippen molar-refractivity contribution in [3.05, 3.63) is 63.0 Å². The van der Waals surface area contributed by atoms with E-state index >= 15 is 0 Å². The van der Waals surface area contributed by atoms with Crippen LogP contribution in [0.2, 0.25) is 5.02 Å². The Kier molecular flexibility index (Phi) is 5.37. The number of hydrogen-bond acceptors (Lipinski definition) is 3. The maximum atomic E-state index is 13.2. The number of thiophene rings is 1. The third kappa shape index (κ3) is 3.72. The molecular weight excluding hydrogens is 416 g/mol. The van der Waals surface area contributed by atoms with Gasteiger partial charge >= 0.3 is 0 Å². The molecule has 156 valence electrons. The first-order valence-corrected chi connectivity index (χ1v) is 11.3. The number of amides is 2. The molecule has 0 bridgehead atoms. The van der Waals surface area contributed by atoms with Crippen molar-refractivity contribution in [3.63, 3.8) is 0 Å². The summed E-state index contributed by atoms with van der Waals surface area (Å²) in [5.74, 6) is -0.220. The minimum Gasteiger partial charge on any atom is -0.365 e. The van der Waals surface area contributed by atoms with Gasteiger partial charge in [0.05, 0.1) is 5.56 Å². The molecule has 3 aromatic rings. The third-order valence-corrected chi connectivity index (χ3v) is 7.58. The van der Waals surface area contributed by atoms with Crippen molar-refractivity contribution in [1.29, 1.82) is 0 Å². The van der Waals surface area contributed by atoms with Crippen molar-refractivity contribution >= 4 is 50.5 Å². The van der Waals surface area contributed by atoms with E-state index in [-0.39, 0.29) is 11.3 Å². The Morgan fingerprint density at radius 3 is 2.53 bits per heavy atom. The number of nitrogens with two attached hydrogens (primary N) is 1. The van der Waals surface area contributed by atoms with Crippen molar-refractivity contribution in [2.45, 2.75) is 40.0 Å². The molecule has 1 aromatic heterocycles. The smallest absolute Gasteiger partial charge is 0.256 e. The number of carbonyl (C=O) groups excluding carboxylic acids is 2. The minimum atomic E-state index is -0.488. The standard InChI is InChI=1S/C24H25ClN2O2S/c1-24(2,3)13-10-11-17-19(12-13)30-23(20(17)21(26)28)27-22(29)16-8-4-7-15-14(16)6-5-9-18(15)25/h4-9,13H,10-12H2,1-3H3,(H2,26,28)(H,27,29). The summed E-state index contributed by atoms with van der Waals surface area (Å²) >= 11 is 7.77. The van der Waals surface area contributed by atoms with Crippen LogP contribution in [0, 0.1) is 11.3 Å². The van der Waals surface area contributed by atoms with Gasteiger partial charge < -0.3 is 11.1 Å². The van der Waals surface area contributed by atoms with E-state index in [1.165, 1.54) is 11.3 Å². The lowest BCUT2D eigenvalue weighted by Crippen LogP contribution is -2.27. The second-order valence-electron chi connectivity index (χ2n) is 8.97. The van der Waals surface area contributed by atoms with Crippen molar-refractivity contribution in [3.8, 4) is 0 Å². The summed E-state index contributed by atoms with van der Waals surface area (Å²) in [5, 5.41) is 5.71. The normalized spacial score (nSPS) is 16.3. The molecule has 3 N–H and O–H groups in total. The number of anilines is 1. The molecule has 0 aliphatic heterocycles. The average molecular weight is 441 g/mol. The Morgan fingerprint density at radius 2 is 1.83 bits per heavy atom. The van der Waals surface area contributed by atoms with Crippen LogP contribution in [-0.4, -0.2) is 11.8 Å². The van der Waals surface area contributed by atoms with Crippen LogP contribution in [0.25, 0.3) is 10.8 Å². The molecule has 1 heterocycles. The lowest BCUT2D eigenvalue weighted by molar-refractivity contribution is 0.1000. The summed E-state index contributed by atoms with van der Waals surface area (Å²) in [5.41, 5.74) is 7.91. The predicted octanol–water partition coefficient (Wildman–Crippen LogP) is 6.06. The van der Waals surface area contributed by atoms with E-state index in [1.54, 1.807) is 12.1 Å². The maximum Gasteiger partial charge on any atom is 0.256 e. The predicted molar refractivity (Wildman–Crippen MR) is 125 cm³/mol. The average Bonchev–Trinajstić information content (AvgIpc) is 3.04. The zero-order valence-corrected chi connectivity index (χ0v) is 18.9. The van der Waals surface area contributed by atoms with Crippen LogP contribution < -0.4 is 11.1 Å². The van der Waals surface area contributed by atoms with E-state index in [4.69, 9.17) is 17.3 Å². The molecule has 6 heteroatoms. The van der Waals surface area contributed by atoms with Crippen molar-refractivity contribution in [1.82, 2.24) is 0 Å². The third-order valence-electron chi connectivity index (χ3n) is 6.08. The van der Waals surface area contributed by atoms with Crippen LogP contribution in [0.15, 0.2) is 36.4 Å². The highest BCUT2D eigenvalue weighted by Crippen LogP contribution is 2.44. The van der Waals surface area contributed by atoms with Crippen LogP contribution >= 0.6 is 22.9 Å². The highest BCUT2D eigenvalue weighted by atomic mass is 35.5. The van der Waals surface area contributed by atoms with E-state index in [0.717, 1.165) is 40.5 Å². The van der Waals surface area contributed by atoms with Crippen molar-refractivity contribution in [2.75, 3.05) is 5.32 Å². The minimum absolute atomic E-state index is 0.195. The Labute approximate surface area is 185 Å². The zero-order chi connectivity index (χ0) is 21.6. The first-order chi connectivity index (χ1) is 14.2. The molecule has 0 saturated heterocycles.